The summed E-state index contributed by atoms with van der Waals surface area (Å²) in [5.74, 6) is -1.35. The summed E-state index contributed by atoms with van der Waals surface area (Å²) in [5, 5.41) is 13.0. The van der Waals surface area contributed by atoms with Crippen molar-refractivity contribution < 1.29 is 14.7 Å². The highest BCUT2D eigenvalue weighted by Gasteiger charge is 2.23. The molecule has 3 aromatic carbocycles. The fourth-order valence-electron chi connectivity index (χ4n) is 4.87. The highest BCUT2D eigenvalue weighted by Crippen LogP contribution is 2.27. The normalized spacial score (nSPS) is 13.9. The van der Waals surface area contributed by atoms with Crippen LogP contribution in [0.1, 0.15) is 46.9 Å². The van der Waals surface area contributed by atoms with E-state index in [0.717, 1.165) is 29.8 Å². The Morgan fingerprint density at radius 1 is 1.00 bits per heavy atom. The Hall–Kier alpha value is -3.77. The molecule has 0 spiro atoms. The first kappa shape index (κ1) is 24.9. The van der Waals surface area contributed by atoms with Crippen molar-refractivity contribution in [2.45, 2.75) is 45.1 Å². The van der Waals surface area contributed by atoms with Crippen molar-refractivity contribution in [3.8, 4) is 11.3 Å². The lowest BCUT2D eigenvalue weighted by Gasteiger charge is -2.14. The average molecular weight is 514 g/mol. The number of amides is 1. The minimum absolute atomic E-state index is 0.0748. The van der Waals surface area contributed by atoms with Gasteiger partial charge in [0.25, 0.3) is 5.91 Å². The molecule has 6 nitrogen and oxygen atoms in total. The van der Waals surface area contributed by atoms with Gasteiger partial charge in [-0.05, 0) is 73.6 Å². The smallest absolute Gasteiger partial charge is 0.306 e. The van der Waals surface area contributed by atoms with E-state index in [1.807, 2.05) is 42.5 Å². The van der Waals surface area contributed by atoms with Crippen LogP contribution in [0.3, 0.4) is 0 Å². The third kappa shape index (κ3) is 5.65. The van der Waals surface area contributed by atoms with E-state index >= 15 is 0 Å². The monoisotopic (exact) mass is 513 g/mol. The second-order valence-electron chi connectivity index (χ2n) is 9.71. The molecule has 37 heavy (non-hydrogen) atoms. The molecule has 1 atom stereocenters. The number of carboxylic acids is 1. The van der Waals surface area contributed by atoms with Crippen LogP contribution in [-0.4, -0.2) is 33.0 Å². The second-order valence-corrected chi connectivity index (χ2v) is 10.1. The molecular weight excluding hydrogens is 486 g/mol. The first-order valence-corrected chi connectivity index (χ1v) is 12.9. The summed E-state index contributed by atoms with van der Waals surface area (Å²) in [4.78, 5) is 34.1. The van der Waals surface area contributed by atoms with Crippen LogP contribution in [0.4, 0.5) is 0 Å². The van der Waals surface area contributed by atoms with Crippen LogP contribution < -0.4 is 5.32 Å². The molecule has 0 fully saturated rings. The van der Waals surface area contributed by atoms with Gasteiger partial charge in [-0.1, -0.05) is 54.9 Å². The molecule has 5 rings (SSSR count). The SMILES string of the molecule is CC(CCCc1nc2cc(C(=O)NC3Cc4ccccc4C3)ccc2nc1-c1ccc(Cl)cc1)C(=O)O. The van der Waals surface area contributed by atoms with Crippen molar-refractivity contribution in [3.05, 3.63) is 94.1 Å². The van der Waals surface area contributed by atoms with Crippen LogP contribution in [0.5, 0.6) is 0 Å². The zero-order valence-electron chi connectivity index (χ0n) is 20.6. The molecule has 0 radical (unpaired) electrons. The first-order valence-electron chi connectivity index (χ1n) is 12.5. The number of hydrogen-bond donors (Lipinski definition) is 2. The summed E-state index contributed by atoms with van der Waals surface area (Å²) < 4.78 is 0. The summed E-state index contributed by atoms with van der Waals surface area (Å²) in [6.45, 7) is 1.71. The number of benzene rings is 3. The predicted octanol–water partition coefficient (Wildman–Crippen LogP) is 5.89. The van der Waals surface area contributed by atoms with Crippen LogP contribution in [0.2, 0.25) is 5.02 Å². The van der Waals surface area contributed by atoms with E-state index in [4.69, 9.17) is 21.6 Å². The lowest BCUT2D eigenvalue weighted by Crippen LogP contribution is -2.35. The molecule has 1 aliphatic carbocycles. The average Bonchev–Trinajstić information content (AvgIpc) is 3.30. The Labute approximate surface area is 220 Å². The molecule has 0 aliphatic heterocycles. The van der Waals surface area contributed by atoms with Crippen molar-refractivity contribution in [3.63, 3.8) is 0 Å². The number of aliphatic carboxylic acids is 1. The molecule has 1 heterocycles. The molecule has 1 unspecified atom stereocenters. The summed E-state index contributed by atoms with van der Waals surface area (Å²) in [5.41, 5.74) is 6.86. The topological polar surface area (TPSA) is 92.2 Å². The van der Waals surface area contributed by atoms with Crippen molar-refractivity contribution in [2.24, 2.45) is 5.92 Å². The van der Waals surface area contributed by atoms with Crippen molar-refractivity contribution in [2.75, 3.05) is 0 Å². The maximum Gasteiger partial charge on any atom is 0.306 e. The summed E-state index contributed by atoms with van der Waals surface area (Å²) in [6, 6.07) is 21.2. The van der Waals surface area contributed by atoms with Crippen molar-refractivity contribution >= 4 is 34.5 Å². The minimum atomic E-state index is -0.802. The fraction of sp³-hybridized carbons (Fsp3) is 0.267. The Morgan fingerprint density at radius 2 is 1.70 bits per heavy atom. The van der Waals surface area contributed by atoms with Gasteiger partial charge < -0.3 is 10.4 Å². The standard InChI is InChI=1S/C30H28ClN3O3/c1-18(30(36)37)5-4-8-26-28(19-9-12-23(31)13-10-19)34-25-14-11-22(17-27(25)33-26)29(35)32-24-15-20-6-2-3-7-21(20)16-24/h2-3,6-7,9-14,17-18,24H,4-5,8,15-16H2,1H3,(H,32,35)(H,36,37). The van der Waals surface area contributed by atoms with Gasteiger partial charge in [-0.3, -0.25) is 9.59 Å². The number of nitrogens with one attached hydrogen (secondary N) is 1. The maximum atomic E-state index is 13.1. The van der Waals surface area contributed by atoms with Crippen LogP contribution in [-0.2, 0) is 24.1 Å². The highest BCUT2D eigenvalue weighted by molar-refractivity contribution is 6.30. The van der Waals surface area contributed by atoms with Crippen molar-refractivity contribution in [1.82, 2.24) is 15.3 Å². The van der Waals surface area contributed by atoms with E-state index in [9.17, 15) is 14.7 Å². The lowest BCUT2D eigenvalue weighted by molar-refractivity contribution is -0.141. The zero-order valence-corrected chi connectivity index (χ0v) is 21.3. The molecule has 188 valence electrons. The van der Waals surface area contributed by atoms with E-state index in [1.54, 1.807) is 19.1 Å². The molecule has 1 amide bonds. The Kier molecular flexibility index (Phi) is 7.19. The Balaban J connectivity index is 1.40. The predicted molar refractivity (Wildman–Crippen MR) is 145 cm³/mol. The molecule has 1 aromatic heterocycles. The van der Waals surface area contributed by atoms with Gasteiger partial charge in [0.15, 0.2) is 0 Å². The number of aryl methyl sites for hydroxylation is 1. The number of carbonyl (C=O) groups excluding carboxylic acids is 1. The van der Waals surface area contributed by atoms with Crippen LogP contribution in [0, 0.1) is 5.92 Å². The van der Waals surface area contributed by atoms with E-state index in [2.05, 4.69) is 17.4 Å². The molecule has 0 saturated carbocycles. The summed E-state index contributed by atoms with van der Waals surface area (Å²) in [7, 11) is 0. The number of aromatic nitrogens is 2. The van der Waals surface area contributed by atoms with Crippen LogP contribution in [0.15, 0.2) is 66.7 Å². The quantitative estimate of drug-likeness (QED) is 0.306. The molecule has 2 N–H and O–H groups in total. The van der Waals surface area contributed by atoms with Gasteiger partial charge in [-0.25, -0.2) is 9.97 Å². The van der Waals surface area contributed by atoms with Gasteiger partial charge in [0.05, 0.1) is 28.3 Å². The molecule has 7 heteroatoms. The number of carboxylic acid groups (broad SMARTS) is 1. The van der Waals surface area contributed by atoms with Gasteiger partial charge in [0, 0.05) is 22.2 Å². The van der Waals surface area contributed by atoms with Crippen molar-refractivity contribution in [1.29, 1.82) is 0 Å². The van der Waals surface area contributed by atoms with E-state index < -0.39 is 11.9 Å². The molecule has 4 aromatic rings. The van der Waals surface area contributed by atoms with Crippen LogP contribution >= 0.6 is 11.6 Å². The highest BCUT2D eigenvalue weighted by atomic mass is 35.5. The molecule has 0 saturated heterocycles. The molecular formula is C30H28ClN3O3. The fourth-order valence-corrected chi connectivity index (χ4v) is 5.00. The third-order valence-electron chi connectivity index (χ3n) is 6.97. The minimum Gasteiger partial charge on any atom is -0.481 e. The van der Waals surface area contributed by atoms with E-state index in [-0.39, 0.29) is 11.9 Å². The van der Waals surface area contributed by atoms with Gasteiger partial charge in [-0.15, -0.1) is 0 Å². The third-order valence-corrected chi connectivity index (χ3v) is 7.23. The molecule has 1 aliphatic rings. The lowest BCUT2D eigenvalue weighted by atomic mass is 10.0. The summed E-state index contributed by atoms with van der Waals surface area (Å²) >= 11 is 6.09. The van der Waals surface area contributed by atoms with E-state index in [0.29, 0.717) is 40.9 Å². The van der Waals surface area contributed by atoms with Gasteiger partial charge in [-0.2, -0.15) is 0 Å². The zero-order chi connectivity index (χ0) is 25.9. The largest absolute Gasteiger partial charge is 0.481 e. The Morgan fingerprint density at radius 3 is 2.38 bits per heavy atom. The first-order chi connectivity index (χ1) is 17.9. The Bertz CT molecular complexity index is 1440. The number of fused-ring (bicyclic) bond motifs is 2. The summed E-state index contributed by atoms with van der Waals surface area (Å²) in [6.07, 6.45) is 3.45. The number of halogens is 1. The number of hydrogen-bond acceptors (Lipinski definition) is 4. The maximum absolute atomic E-state index is 13.1. The number of nitrogens with zero attached hydrogens (tertiary/aromatic N) is 2. The van der Waals surface area contributed by atoms with Gasteiger partial charge >= 0.3 is 5.97 Å². The molecule has 0 bridgehead atoms. The number of rotatable bonds is 8. The second kappa shape index (κ2) is 10.7. The van der Waals surface area contributed by atoms with Gasteiger partial charge in [0.1, 0.15) is 0 Å². The van der Waals surface area contributed by atoms with Crippen LogP contribution in [0.25, 0.3) is 22.3 Å². The van der Waals surface area contributed by atoms with E-state index in [1.165, 1.54) is 11.1 Å². The van der Waals surface area contributed by atoms with Gasteiger partial charge in [0.2, 0.25) is 0 Å². The number of carbonyl (C=O) groups is 2.